The highest BCUT2D eigenvalue weighted by atomic mass is 16.5. The highest BCUT2D eigenvalue weighted by Crippen LogP contribution is 2.46. The number of methoxy groups -OCH3 is 1. The van der Waals surface area contributed by atoms with Crippen LogP contribution < -0.4 is 21.1 Å². The Labute approximate surface area is 237 Å². The van der Waals surface area contributed by atoms with Gasteiger partial charge in [0, 0.05) is 49.2 Å². The summed E-state index contributed by atoms with van der Waals surface area (Å²) in [6.45, 7) is 0.0616. The fourth-order valence-electron chi connectivity index (χ4n) is 6.12. The number of ether oxygens (including phenoxy) is 1. The van der Waals surface area contributed by atoms with E-state index >= 15 is 0 Å². The molecule has 2 aliphatic heterocycles. The van der Waals surface area contributed by atoms with Crippen molar-refractivity contribution in [3.8, 4) is 5.75 Å². The minimum absolute atomic E-state index is 0.0616. The average molecular weight is 559 g/mol. The van der Waals surface area contributed by atoms with Crippen LogP contribution in [-0.4, -0.2) is 78.4 Å². The van der Waals surface area contributed by atoms with Gasteiger partial charge >= 0.3 is 0 Å². The van der Waals surface area contributed by atoms with Gasteiger partial charge in [0.25, 0.3) is 11.8 Å². The molecule has 1 spiro atoms. The molecule has 0 unspecified atom stereocenters. The fourth-order valence-corrected chi connectivity index (χ4v) is 6.12. The zero-order chi connectivity index (χ0) is 29.1. The van der Waals surface area contributed by atoms with Gasteiger partial charge in [0.1, 0.15) is 17.5 Å². The van der Waals surface area contributed by atoms with Crippen molar-refractivity contribution in [3.05, 3.63) is 59.3 Å². The number of aromatic amines is 1. The molecule has 0 bridgehead atoms. The predicted octanol–water partition coefficient (Wildman–Crippen LogP) is 2.18. The number of likely N-dealkylation sites (tertiary alicyclic amines) is 1. The Morgan fingerprint density at radius 1 is 1.20 bits per heavy atom. The average Bonchev–Trinajstić information content (AvgIpc) is 3.44. The van der Waals surface area contributed by atoms with E-state index in [0.29, 0.717) is 40.6 Å². The molecule has 5 N–H and O–H groups in total. The molecule has 11 nitrogen and oxygen atoms in total. The summed E-state index contributed by atoms with van der Waals surface area (Å²) in [5.41, 5.74) is 8.26. The lowest BCUT2D eigenvalue weighted by atomic mass is 9.80. The second kappa shape index (κ2) is 9.91. The Kier molecular flexibility index (Phi) is 6.49. The highest BCUT2D eigenvalue weighted by Gasteiger charge is 2.56. The molecule has 3 aliphatic rings. The maximum absolute atomic E-state index is 14.0. The van der Waals surface area contributed by atoms with E-state index in [4.69, 9.17) is 10.5 Å². The van der Waals surface area contributed by atoms with E-state index in [1.807, 2.05) is 18.2 Å². The van der Waals surface area contributed by atoms with Crippen LogP contribution in [0.1, 0.15) is 52.1 Å². The summed E-state index contributed by atoms with van der Waals surface area (Å²) in [5, 5.41) is 6.62. The van der Waals surface area contributed by atoms with Gasteiger partial charge in [-0.05, 0) is 54.3 Å². The summed E-state index contributed by atoms with van der Waals surface area (Å²) < 4.78 is 5.41. The monoisotopic (exact) mass is 558 g/mol. The van der Waals surface area contributed by atoms with Crippen molar-refractivity contribution in [1.29, 1.82) is 0 Å². The van der Waals surface area contributed by atoms with Crippen molar-refractivity contribution in [2.24, 2.45) is 11.7 Å². The molecule has 0 radical (unpaired) electrons. The molecule has 1 aromatic heterocycles. The number of amides is 4. The van der Waals surface area contributed by atoms with Gasteiger partial charge in [0.2, 0.25) is 11.8 Å². The largest absolute Gasteiger partial charge is 0.496 e. The number of aromatic nitrogens is 1. The third-order valence-corrected chi connectivity index (χ3v) is 8.51. The smallest absolute Gasteiger partial charge is 0.268 e. The SMILES string of the molecule is COc1cccc2[nH]c(C(=O)N[C@@H](CC3CC3)C(=O)N3C[C@]4(C[C@H]3N)C(=O)Nc3ccc(C(=O)N(C)C)cc34)cc12. The van der Waals surface area contributed by atoms with Crippen LogP contribution in [0.4, 0.5) is 5.69 Å². The number of hydrogen-bond acceptors (Lipinski definition) is 6. The highest BCUT2D eigenvalue weighted by molar-refractivity contribution is 6.09. The third-order valence-electron chi connectivity index (χ3n) is 8.51. The van der Waals surface area contributed by atoms with E-state index in [0.717, 1.165) is 23.7 Å². The summed E-state index contributed by atoms with van der Waals surface area (Å²) in [7, 11) is 4.91. The Morgan fingerprint density at radius 2 is 1.98 bits per heavy atom. The molecular weight excluding hydrogens is 524 g/mol. The molecule has 3 heterocycles. The molecule has 6 rings (SSSR count). The third kappa shape index (κ3) is 4.59. The number of H-pyrrole nitrogens is 1. The first-order chi connectivity index (χ1) is 19.6. The Hall–Kier alpha value is -4.38. The molecule has 4 amide bonds. The number of hydrogen-bond donors (Lipinski definition) is 4. The molecule has 2 aromatic carbocycles. The Morgan fingerprint density at radius 3 is 2.68 bits per heavy atom. The first-order valence-corrected chi connectivity index (χ1v) is 13.8. The van der Waals surface area contributed by atoms with E-state index in [-0.39, 0.29) is 30.7 Å². The van der Waals surface area contributed by atoms with E-state index < -0.39 is 23.5 Å². The van der Waals surface area contributed by atoms with Crippen LogP contribution >= 0.6 is 0 Å². The molecule has 2 fully saturated rings. The quantitative estimate of drug-likeness (QED) is 0.349. The summed E-state index contributed by atoms with van der Waals surface area (Å²) in [6.07, 6.45) is 1.97. The molecule has 3 atom stereocenters. The van der Waals surface area contributed by atoms with E-state index in [1.54, 1.807) is 45.5 Å². The van der Waals surface area contributed by atoms with Gasteiger partial charge in [-0.15, -0.1) is 0 Å². The first-order valence-electron chi connectivity index (χ1n) is 13.8. The molecular formula is C30H34N6O5. The van der Waals surface area contributed by atoms with Gasteiger partial charge in [-0.3, -0.25) is 19.2 Å². The maximum Gasteiger partial charge on any atom is 0.268 e. The number of benzene rings is 2. The van der Waals surface area contributed by atoms with Crippen LogP contribution in [0.3, 0.4) is 0 Å². The summed E-state index contributed by atoms with van der Waals surface area (Å²) in [6, 6.07) is 11.6. The van der Waals surface area contributed by atoms with E-state index in [9.17, 15) is 19.2 Å². The number of carbonyl (C=O) groups excluding carboxylic acids is 4. The van der Waals surface area contributed by atoms with Crippen LogP contribution in [-0.2, 0) is 15.0 Å². The van der Waals surface area contributed by atoms with Crippen molar-refractivity contribution in [3.63, 3.8) is 0 Å². The van der Waals surface area contributed by atoms with Gasteiger partial charge < -0.3 is 35.9 Å². The van der Waals surface area contributed by atoms with Crippen molar-refractivity contribution in [2.45, 2.75) is 43.3 Å². The van der Waals surface area contributed by atoms with Crippen molar-refractivity contribution < 1.29 is 23.9 Å². The minimum atomic E-state index is -1.07. The summed E-state index contributed by atoms with van der Waals surface area (Å²) >= 11 is 0. The van der Waals surface area contributed by atoms with Crippen LogP contribution in [0, 0.1) is 5.92 Å². The molecule has 214 valence electrons. The summed E-state index contributed by atoms with van der Waals surface area (Å²) in [4.78, 5) is 59.5. The lowest BCUT2D eigenvalue weighted by Gasteiger charge is -2.28. The zero-order valence-corrected chi connectivity index (χ0v) is 23.3. The first kappa shape index (κ1) is 26.8. The number of rotatable bonds is 7. The number of fused-ring (bicyclic) bond motifs is 3. The lowest BCUT2D eigenvalue weighted by Crippen LogP contribution is -2.52. The minimum Gasteiger partial charge on any atom is -0.496 e. The van der Waals surface area contributed by atoms with E-state index in [2.05, 4.69) is 15.6 Å². The van der Waals surface area contributed by atoms with Crippen LogP contribution in [0.2, 0.25) is 0 Å². The predicted molar refractivity (Wildman–Crippen MR) is 153 cm³/mol. The van der Waals surface area contributed by atoms with Crippen molar-refractivity contribution >= 4 is 40.2 Å². The van der Waals surface area contributed by atoms with Crippen molar-refractivity contribution in [1.82, 2.24) is 20.1 Å². The number of anilines is 1. The Balaban J connectivity index is 1.26. The lowest BCUT2D eigenvalue weighted by molar-refractivity contribution is -0.134. The second-order valence-corrected chi connectivity index (χ2v) is 11.5. The summed E-state index contributed by atoms with van der Waals surface area (Å²) in [5.74, 6) is -0.162. The Bertz CT molecular complexity index is 1580. The molecule has 1 aliphatic carbocycles. The van der Waals surface area contributed by atoms with Gasteiger partial charge in [0.15, 0.2) is 0 Å². The fraction of sp³-hybridized carbons (Fsp3) is 0.400. The number of nitrogens with one attached hydrogen (secondary N) is 3. The molecule has 11 heteroatoms. The van der Waals surface area contributed by atoms with Crippen LogP contribution in [0.5, 0.6) is 5.75 Å². The van der Waals surface area contributed by atoms with Crippen LogP contribution in [0.15, 0.2) is 42.5 Å². The molecule has 1 saturated heterocycles. The van der Waals surface area contributed by atoms with Gasteiger partial charge in [-0.2, -0.15) is 0 Å². The normalized spacial score (nSPS) is 22.0. The second-order valence-electron chi connectivity index (χ2n) is 11.5. The van der Waals surface area contributed by atoms with Crippen molar-refractivity contribution in [2.75, 3.05) is 33.1 Å². The van der Waals surface area contributed by atoms with Gasteiger partial charge in [-0.1, -0.05) is 18.9 Å². The van der Waals surface area contributed by atoms with Crippen LogP contribution in [0.25, 0.3) is 10.9 Å². The van der Waals surface area contributed by atoms with Gasteiger partial charge in [0.05, 0.1) is 18.7 Å². The molecule has 3 aromatic rings. The maximum atomic E-state index is 14.0. The number of carbonyl (C=O) groups is 4. The molecule has 41 heavy (non-hydrogen) atoms. The van der Waals surface area contributed by atoms with Gasteiger partial charge in [-0.25, -0.2) is 0 Å². The zero-order valence-electron chi connectivity index (χ0n) is 23.3. The molecule has 1 saturated carbocycles. The number of nitrogens with zero attached hydrogens (tertiary/aromatic N) is 2. The number of nitrogens with two attached hydrogens (primary N) is 1. The standard InChI is InChI=1S/C30H34N6O5/c1-35(2)27(38)17-9-10-21-19(12-17)30(29(40)34-21)14-25(31)36(15-30)28(39)23(11-16-7-8-16)33-26(37)22-13-18-20(32-22)5-4-6-24(18)41-3/h4-6,9-10,12-13,16,23,25,32H,7-8,11,14-15,31H2,1-3H3,(H,33,37)(H,34,40)/t23-,25-,30-/m0/s1. The topological polar surface area (TPSA) is 150 Å². The van der Waals surface area contributed by atoms with E-state index in [1.165, 1.54) is 9.80 Å².